The molecule has 0 saturated carbocycles. The van der Waals surface area contributed by atoms with Crippen molar-refractivity contribution in [2.45, 2.75) is 32.6 Å². The van der Waals surface area contributed by atoms with E-state index in [4.69, 9.17) is 4.98 Å². The van der Waals surface area contributed by atoms with E-state index in [0.29, 0.717) is 34.9 Å². The molecule has 0 spiro atoms. The van der Waals surface area contributed by atoms with Crippen molar-refractivity contribution in [2.24, 2.45) is 0 Å². The van der Waals surface area contributed by atoms with Crippen molar-refractivity contribution in [2.75, 3.05) is 24.3 Å². The highest BCUT2D eigenvalue weighted by atomic mass is 16.4. The standard InChI is InChI=1S/C29H30N4O3/c1-18(2)27-24(17-26(34)35)28(33(3)4)32-25(31-27)15-19-9-13-23(14-10-19)30-29(36)22-12-11-20-7-5-6-8-21(20)16-22/h5-14,16,18H,15,17H2,1-4H3,(H,30,36)(H,34,35). The van der Waals surface area contributed by atoms with E-state index in [1.807, 2.05) is 99.6 Å². The zero-order valence-corrected chi connectivity index (χ0v) is 20.9. The molecule has 0 atom stereocenters. The smallest absolute Gasteiger partial charge is 0.308 e. The summed E-state index contributed by atoms with van der Waals surface area (Å²) in [6, 6.07) is 21.2. The molecule has 0 bridgehead atoms. The van der Waals surface area contributed by atoms with Crippen LogP contribution in [0.25, 0.3) is 10.8 Å². The van der Waals surface area contributed by atoms with Crippen molar-refractivity contribution in [1.82, 2.24) is 9.97 Å². The Labute approximate surface area is 210 Å². The number of carboxylic acids is 1. The molecule has 0 radical (unpaired) electrons. The summed E-state index contributed by atoms with van der Waals surface area (Å²) in [7, 11) is 3.71. The van der Waals surface area contributed by atoms with Crippen LogP contribution in [0.4, 0.5) is 11.5 Å². The Balaban J connectivity index is 1.52. The van der Waals surface area contributed by atoms with Gasteiger partial charge in [-0.25, -0.2) is 9.97 Å². The number of aromatic nitrogens is 2. The first-order chi connectivity index (χ1) is 17.2. The van der Waals surface area contributed by atoms with Gasteiger partial charge in [-0.05, 0) is 46.5 Å². The van der Waals surface area contributed by atoms with Crippen molar-refractivity contribution < 1.29 is 14.7 Å². The average Bonchev–Trinajstić information content (AvgIpc) is 2.85. The largest absolute Gasteiger partial charge is 0.481 e. The van der Waals surface area contributed by atoms with Crippen LogP contribution in [-0.4, -0.2) is 41.0 Å². The summed E-state index contributed by atoms with van der Waals surface area (Å²) < 4.78 is 0. The van der Waals surface area contributed by atoms with E-state index in [-0.39, 0.29) is 18.2 Å². The summed E-state index contributed by atoms with van der Waals surface area (Å²) in [4.78, 5) is 35.5. The number of carboxylic acid groups (broad SMARTS) is 1. The van der Waals surface area contributed by atoms with Gasteiger partial charge in [-0.1, -0.05) is 56.3 Å². The van der Waals surface area contributed by atoms with E-state index in [0.717, 1.165) is 22.0 Å². The predicted molar refractivity (Wildman–Crippen MR) is 143 cm³/mol. The lowest BCUT2D eigenvalue weighted by atomic mass is 10.0. The number of hydrogen-bond donors (Lipinski definition) is 2. The lowest BCUT2D eigenvalue weighted by Gasteiger charge is -2.21. The maximum atomic E-state index is 12.8. The Hall–Kier alpha value is -4.26. The van der Waals surface area contributed by atoms with Gasteiger partial charge >= 0.3 is 5.97 Å². The van der Waals surface area contributed by atoms with E-state index in [1.54, 1.807) is 0 Å². The highest BCUT2D eigenvalue weighted by Gasteiger charge is 2.20. The highest BCUT2D eigenvalue weighted by molar-refractivity contribution is 6.06. The number of fused-ring (bicyclic) bond motifs is 1. The number of hydrogen-bond acceptors (Lipinski definition) is 5. The number of anilines is 2. The van der Waals surface area contributed by atoms with E-state index in [1.165, 1.54) is 0 Å². The number of nitrogens with zero attached hydrogens (tertiary/aromatic N) is 3. The molecule has 0 aliphatic carbocycles. The molecule has 2 N–H and O–H groups in total. The minimum atomic E-state index is -0.905. The van der Waals surface area contributed by atoms with Crippen LogP contribution in [-0.2, 0) is 17.6 Å². The summed E-state index contributed by atoms with van der Waals surface area (Å²) in [5.74, 6) is 0.253. The lowest BCUT2D eigenvalue weighted by molar-refractivity contribution is -0.136. The molecule has 184 valence electrons. The molecule has 7 heteroatoms. The topological polar surface area (TPSA) is 95.4 Å². The summed E-state index contributed by atoms with van der Waals surface area (Å²) >= 11 is 0. The van der Waals surface area contributed by atoms with Crippen molar-refractivity contribution in [3.63, 3.8) is 0 Å². The van der Waals surface area contributed by atoms with Gasteiger partial charge in [0.25, 0.3) is 5.91 Å². The fourth-order valence-corrected chi connectivity index (χ4v) is 4.21. The van der Waals surface area contributed by atoms with Gasteiger partial charge in [-0.2, -0.15) is 0 Å². The van der Waals surface area contributed by atoms with Crippen LogP contribution in [0.1, 0.15) is 52.8 Å². The molecular weight excluding hydrogens is 452 g/mol. The molecular formula is C29H30N4O3. The molecule has 36 heavy (non-hydrogen) atoms. The van der Waals surface area contributed by atoms with Gasteiger partial charge in [-0.3, -0.25) is 9.59 Å². The normalized spacial score (nSPS) is 11.0. The molecule has 4 aromatic rings. The minimum absolute atomic E-state index is 0.0625. The predicted octanol–water partition coefficient (Wildman–Crippen LogP) is 5.29. The van der Waals surface area contributed by atoms with Crippen molar-refractivity contribution >= 4 is 34.2 Å². The van der Waals surface area contributed by atoms with Gasteiger partial charge in [0.1, 0.15) is 11.6 Å². The molecule has 0 aliphatic heterocycles. The van der Waals surface area contributed by atoms with Crippen LogP contribution >= 0.6 is 0 Å². The zero-order chi connectivity index (χ0) is 25.8. The Morgan fingerprint density at radius 3 is 2.28 bits per heavy atom. The number of benzene rings is 3. The Morgan fingerprint density at radius 1 is 0.944 bits per heavy atom. The SMILES string of the molecule is CC(C)c1nc(Cc2ccc(NC(=O)c3ccc4ccccc4c3)cc2)nc(N(C)C)c1CC(=O)O. The van der Waals surface area contributed by atoms with Gasteiger partial charge < -0.3 is 15.3 Å². The second-order valence-electron chi connectivity index (χ2n) is 9.34. The van der Waals surface area contributed by atoms with Crippen molar-refractivity contribution in [3.05, 3.63) is 94.9 Å². The van der Waals surface area contributed by atoms with Gasteiger partial charge in [0, 0.05) is 37.3 Å². The molecule has 0 saturated heterocycles. The summed E-state index contributed by atoms with van der Waals surface area (Å²) in [5.41, 5.74) is 3.70. The van der Waals surface area contributed by atoms with Crippen LogP contribution in [0.3, 0.4) is 0 Å². The van der Waals surface area contributed by atoms with Gasteiger partial charge in [0.2, 0.25) is 0 Å². The Bertz CT molecular complexity index is 1380. The molecule has 7 nitrogen and oxygen atoms in total. The van der Waals surface area contributed by atoms with E-state index >= 15 is 0 Å². The number of nitrogens with one attached hydrogen (secondary N) is 1. The first-order valence-corrected chi connectivity index (χ1v) is 11.9. The van der Waals surface area contributed by atoms with Gasteiger partial charge in [-0.15, -0.1) is 0 Å². The van der Waals surface area contributed by atoms with E-state index in [9.17, 15) is 14.7 Å². The number of aliphatic carboxylic acids is 1. The number of carbonyl (C=O) groups is 2. The molecule has 1 aromatic heterocycles. The van der Waals surface area contributed by atoms with Crippen LogP contribution in [0.15, 0.2) is 66.7 Å². The second kappa shape index (κ2) is 10.6. The molecule has 0 fully saturated rings. The summed E-state index contributed by atoms with van der Waals surface area (Å²) in [5, 5.41) is 14.5. The van der Waals surface area contributed by atoms with Crippen LogP contribution in [0.2, 0.25) is 0 Å². The monoisotopic (exact) mass is 482 g/mol. The molecule has 4 rings (SSSR count). The van der Waals surface area contributed by atoms with Crippen LogP contribution < -0.4 is 10.2 Å². The third kappa shape index (κ3) is 5.68. The average molecular weight is 483 g/mol. The van der Waals surface area contributed by atoms with Gasteiger partial charge in [0.15, 0.2) is 0 Å². The van der Waals surface area contributed by atoms with Crippen molar-refractivity contribution in [1.29, 1.82) is 0 Å². The molecule has 1 amide bonds. The maximum Gasteiger partial charge on any atom is 0.308 e. The zero-order valence-electron chi connectivity index (χ0n) is 20.9. The fraction of sp³-hybridized carbons (Fsp3) is 0.241. The summed E-state index contributed by atoms with van der Waals surface area (Å²) in [6.45, 7) is 4.01. The third-order valence-corrected chi connectivity index (χ3v) is 5.95. The van der Waals surface area contributed by atoms with E-state index in [2.05, 4.69) is 10.3 Å². The first kappa shape index (κ1) is 24.9. The van der Waals surface area contributed by atoms with Crippen LogP contribution in [0.5, 0.6) is 0 Å². The lowest BCUT2D eigenvalue weighted by Crippen LogP contribution is -2.20. The van der Waals surface area contributed by atoms with E-state index < -0.39 is 5.97 Å². The highest BCUT2D eigenvalue weighted by Crippen LogP contribution is 2.27. The van der Waals surface area contributed by atoms with Crippen LogP contribution in [0, 0.1) is 0 Å². The number of carbonyl (C=O) groups excluding carboxylic acids is 1. The molecule has 1 heterocycles. The second-order valence-corrected chi connectivity index (χ2v) is 9.34. The number of rotatable bonds is 8. The third-order valence-electron chi connectivity index (χ3n) is 5.95. The molecule has 0 aliphatic rings. The Morgan fingerprint density at radius 2 is 1.64 bits per heavy atom. The minimum Gasteiger partial charge on any atom is -0.481 e. The quantitative estimate of drug-likeness (QED) is 0.354. The van der Waals surface area contributed by atoms with Crippen molar-refractivity contribution in [3.8, 4) is 0 Å². The fourth-order valence-electron chi connectivity index (χ4n) is 4.21. The first-order valence-electron chi connectivity index (χ1n) is 11.9. The molecule has 0 unspecified atom stereocenters. The van der Waals surface area contributed by atoms with Gasteiger partial charge in [0.05, 0.1) is 12.1 Å². The number of amides is 1. The summed E-state index contributed by atoms with van der Waals surface area (Å²) in [6.07, 6.45) is 0.375. The maximum absolute atomic E-state index is 12.8. The molecule has 3 aromatic carbocycles. The Kier molecular flexibility index (Phi) is 7.29.